The second-order valence-electron chi connectivity index (χ2n) is 7.48. The van der Waals surface area contributed by atoms with Crippen molar-refractivity contribution in [3.8, 4) is 0 Å². The lowest BCUT2D eigenvalue weighted by molar-refractivity contribution is -0.137. The van der Waals surface area contributed by atoms with Crippen LogP contribution < -0.4 is 0 Å². The van der Waals surface area contributed by atoms with Crippen LogP contribution in [0.1, 0.15) is 34.0 Å². The SMILES string of the molecule is CCOC(=O)c1ccc(CCN2CCN(Cc3cccc(C(F)(F)F)c3)CC2)cc1. The Kier molecular flexibility index (Phi) is 7.50. The molecule has 1 fully saturated rings. The second-order valence-corrected chi connectivity index (χ2v) is 7.48. The summed E-state index contributed by atoms with van der Waals surface area (Å²) in [5, 5.41) is 0. The van der Waals surface area contributed by atoms with Gasteiger partial charge in [-0.3, -0.25) is 4.90 Å². The van der Waals surface area contributed by atoms with E-state index in [0.29, 0.717) is 24.3 Å². The fourth-order valence-electron chi connectivity index (χ4n) is 3.58. The third-order valence-corrected chi connectivity index (χ3v) is 5.31. The van der Waals surface area contributed by atoms with Crippen LogP contribution in [0.4, 0.5) is 13.2 Å². The lowest BCUT2D eigenvalue weighted by atomic mass is 10.1. The van der Waals surface area contributed by atoms with Crippen LogP contribution >= 0.6 is 0 Å². The van der Waals surface area contributed by atoms with Gasteiger partial charge in [-0.15, -0.1) is 0 Å². The molecule has 1 aliphatic heterocycles. The molecule has 0 aromatic heterocycles. The summed E-state index contributed by atoms with van der Waals surface area (Å²) in [6.45, 7) is 7.03. The van der Waals surface area contributed by atoms with Crippen LogP contribution in [0.15, 0.2) is 48.5 Å². The molecule has 0 atom stereocenters. The molecule has 7 heteroatoms. The zero-order valence-corrected chi connectivity index (χ0v) is 17.1. The van der Waals surface area contributed by atoms with Crippen molar-refractivity contribution in [3.05, 3.63) is 70.8 Å². The highest BCUT2D eigenvalue weighted by Crippen LogP contribution is 2.29. The molecule has 0 spiro atoms. The Hall–Kier alpha value is -2.38. The van der Waals surface area contributed by atoms with E-state index in [9.17, 15) is 18.0 Å². The molecular formula is C23H27F3N2O2. The van der Waals surface area contributed by atoms with Crippen LogP contribution in [-0.2, 0) is 23.9 Å². The fourth-order valence-corrected chi connectivity index (χ4v) is 3.58. The normalized spacial score (nSPS) is 15.9. The number of hydrogen-bond donors (Lipinski definition) is 0. The number of nitrogens with zero attached hydrogens (tertiary/aromatic N) is 2. The van der Waals surface area contributed by atoms with Crippen LogP contribution in [0.3, 0.4) is 0 Å². The Morgan fingerprint density at radius 2 is 1.63 bits per heavy atom. The van der Waals surface area contributed by atoms with Crippen LogP contribution in [0, 0.1) is 0 Å². The number of carbonyl (C=O) groups is 1. The maximum Gasteiger partial charge on any atom is 0.416 e. The zero-order chi connectivity index (χ0) is 21.6. The predicted molar refractivity (Wildman–Crippen MR) is 109 cm³/mol. The van der Waals surface area contributed by atoms with Crippen molar-refractivity contribution >= 4 is 5.97 Å². The molecule has 3 rings (SSSR count). The van der Waals surface area contributed by atoms with E-state index in [4.69, 9.17) is 4.74 Å². The summed E-state index contributed by atoms with van der Waals surface area (Å²) >= 11 is 0. The van der Waals surface area contributed by atoms with Gasteiger partial charge in [0.05, 0.1) is 17.7 Å². The first-order chi connectivity index (χ1) is 14.3. The molecule has 4 nitrogen and oxygen atoms in total. The molecule has 0 bridgehead atoms. The van der Waals surface area contributed by atoms with Crippen LogP contribution in [0.5, 0.6) is 0 Å². The van der Waals surface area contributed by atoms with Crippen molar-refractivity contribution in [1.82, 2.24) is 9.80 Å². The van der Waals surface area contributed by atoms with Crippen molar-refractivity contribution in [1.29, 1.82) is 0 Å². The zero-order valence-electron chi connectivity index (χ0n) is 17.1. The number of benzene rings is 2. The first-order valence-electron chi connectivity index (χ1n) is 10.2. The van der Waals surface area contributed by atoms with E-state index in [1.807, 2.05) is 12.1 Å². The molecule has 1 saturated heterocycles. The quantitative estimate of drug-likeness (QED) is 0.628. The standard InChI is InChI=1S/C23H27F3N2O2/c1-2-30-22(29)20-8-6-18(7-9-20)10-11-27-12-14-28(15-13-27)17-19-4-3-5-21(16-19)23(24,25)26/h3-9,16H,2,10-15,17H2,1H3. The number of hydrogen-bond acceptors (Lipinski definition) is 4. The average Bonchev–Trinajstić information content (AvgIpc) is 2.73. The minimum atomic E-state index is -4.30. The summed E-state index contributed by atoms with van der Waals surface area (Å²) in [5.41, 5.74) is 1.82. The molecule has 0 saturated carbocycles. The molecule has 0 amide bonds. The summed E-state index contributed by atoms with van der Waals surface area (Å²) in [6.07, 6.45) is -3.42. The number of alkyl halides is 3. The van der Waals surface area contributed by atoms with Gasteiger partial charge >= 0.3 is 12.1 Å². The minimum Gasteiger partial charge on any atom is -0.462 e. The topological polar surface area (TPSA) is 32.8 Å². The molecule has 2 aromatic carbocycles. The van der Waals surface area contributed by atoms with Crippen molar-refractivity contribution in [2.24, 2.45) is 0 Å². The number of piperazine rings is 1. The number of esters is 1. The first-order valence-corrected chi connectivity index (χ1v) is 10.2. The molecule has 0 N–H and O–H groups in total. The van der Waals surface area contributed by atoms with Crippen LogP contribution in [0.2, 0.25) is 0 Å². The third-order valence-electron chi connectivity index (χ3n) is 5.31. The Morgan fingerprint density at radius 3 is 2.27 bits per heavy atom. The van der Waals surface area contributed by atoms with E-state index >= 15 is 0 Å². The Bertz CT molecular complexity index is 829. The van der Waals surface area contributed by atoms with Gasteiger partial charge in [-0.25, -0.2) is 4.79 Å². The van der Waals surface area contributed by atoms with E-state index in [1.165, 1.54) is 12.1 Å². The number of ether oxygens (including phenoxy) is 1. The van der Waals surface area contributed by atoms with Gasteiger partial charge in [-0.1, -0.05) is 30.3 Å². The molecule has 0 unspecified atom stereocenters. The molecule has 162 valence electrons. The highest BCUT2D eigenvalue weighted by molar-refractivity contribution is 5.89. The van der Waals surface area contributed by atoms with Crippen molar-refractivity contribution in [3.63, 3.8) is 0 Å². The van der Waals surface area contributed by atoms with Gasteiger partial charge in [0, 0.05) is 39.3 Å². The monoisotopic (exact) mass is 420 g/mol. The maximum absolute atomic E-state index is 12.9. The second kappa shape index (κ2) is 10.1. The lowest BCUT2D eigenvalue weighted by Gasteiger charge is -2.34. The van der Waals surface area contributed by atoms with Gasteiger partial charge < -0.3 is 9.64 Å². The highest BCUT2D eigenvalue weighted by atomic mass is 19.4. The van der Waals surface area contributed by atoms with Gasteiger partial charge in [-0.05, 0) is 42.7 Å². The third kappa shape index (κ3) is 6.31. The summed E-state index contributed by atoms with van der Waals surface area (Å²) in [6, 6.07) is 13.1. The predicted octanol–water partition coefficient (Wildman–Crippen LogP) is 4.24. The van der Waals surface area contributed by atoms with Crippen molar-refractivity contribution in [2.75, 3.05) is 39.3 Å². The number of halogens is 3. The summed E-state index contributed by atoms with van der Waals surface area (Å²) in [5.74, 6) is -0.305. The summed E-state index contributed by atoms with van der Waals surface area (Å²) in [7, 11) is 0. The summed E-state index contributed by atoms with van der Waals surface area (Å²) < 4.78 is 43.6. The Morgan fingerprint density at radius 1 is 0.967 bits per heavy atom. The van der Waals surface area contributed by atoms with Crippen molar-refractivity contribution in [2.45, 2.75) is 26.1 Å². The largest absolute Gasteiger partial charge is 0.462 e. The van der Waals surface area contributed by atoms with Gasteiger partial charge in [0.15, 0.2) is 0 Å². The fraction of sp³-hybridized carbons (Fsp3) is 0.435. The molecule has 1 heterocycles. The van der Waals surface area contributed by atoms with Crippen LogP contribution in [-0.4, -0.2) is 55.1 Å². The van der Waals surface area contributed by atoms with Gasteiger partial charge in [0.25, 0.3) is 0 Å². The van der Waals surface area contributed by atoms with Crippen molar-refractivity contribution < 1.29 is 22.7 Å². The molecular weight excluding hydrogens is 393 g/mol. The lowest BCUT2D eigenvalue weighted by Crippen LogP contribution is -2.46. The van der Waals surface area contributed by atoms with E-state index in [-0.39, 0.29) is 5.97 Å². The van der Waals surface area contributed by atoms with E-state index < -0.39 is 11.7 Å². The smallest absolute Gasteiger partial charge is 0.416 e. The average molecular weight is 420 g/mol. The van der Waals surface area contributed by atoms with E-state index in [2.05, 4.69) is 9.80 Å². The Balaban J connectivity index is 1.43. The highest BCUT2D eigenvalue weighted by Gasteiger charge is 2.30. The van der Waals surface area contributed by atoms with Gasteiger partial charge in [0.2, 0.25) is 0 Å². The summed E-state index contributed by atoms with van der Waals surface area (Å²) in [4.78, 5) is 16.3. The van der Waals surface area contributed by atoms with Crippen LogP contribution in [0.25, 0.3) is 0 Å². The van der Waals surface area contributed by atoms with E-state index in [1.54, 1.807) is 25.1 Å². The van der Waals surface area contributed by atoms with Gasteiger partial charge in [0.1, 0.15) is 0 Å². The molecule has 1 aliphatic rings. The minimum absolute atomic E-state index is 0.305. The molecule has 30 heavy (non-hydrogen) atoms. The Labute approximate surface area is 175 Å². The number of carbonyl (C=O) groups excluding carboxylic acids is 1. The number of rotatable bonds is 7. The van der Waals surface area contributed by atoms with Gasteiger partial charge in [-0.2, -0.15) is 13.2 Å². The molecule has 0 aliphatic carbocycles. The molecule has 2 aromatic rings. The molecule has 0 radical (unpaired) electrons. The maximum atomic E-state index is 12.9. The first kappa shape index (κ1) is 22.3. The van der Waals surface area contributed by atoms with E-state index in [0.717, 1.165) is 50.8 Å².